The van der Waals surface area contributed by atoms with Crippen molar-refractivity contribution >= 4 is 0 Å². The van der Waals surface area contributed by atoms with E-state index in [1.165, 1.54) is 38.5 Å². The topological polar surface area (TPSA) is 9.23 Å². The fraction of sp³-hybridized carbons (Fsp3) is 1.00. The maximum Gasteiger partial charge on any atom is 0.0606 e. The molecule has 0 radical (unpaired) electrons. The normalized spacial score (nSPS) is 39.2. The minimum absolute atomic E-state index is 0.648. The minimum atomic E-state index is 0.648. The van der Waals surface area contributed by atoms with Crippen LogP contribution in [0.3, 0.4) is 0 Å². The number of ether oxygens (including phenoxy) is 1. The second kappa shape index (κ2) is 3.78. The van der Waals surface area contributed by atoms with Crippen molar-refractivity contribution in [3.63, 3.8) is 0 Å². The molecule has 2 aliphatic carbocycles. The lowest BCUT2D eigenvalue weighted by Gasteiger charge is -2.21. The second-order valence-electron chi connectivity index (χ2n) is 4.44. The summed E-state index contributed by atoms with van der Waals surface area (Å²) < 4.78 is 5.88. The molecular formula is C11H20O. The van der Waals surface area contributed by atoms with Gasteiger partial charge in [-0.1, -0.05) is 13.3 Å². The molecule has 0 aromatic rings. The van der Waals surface area contributed by atoms with Gasteiger partial charge >= 0.3 is 0 Å². The Hall–Kier alpha value is -0.0400. The molecule has 0 heterocycles. The third-order valence-corrected chi connectivity index (χ3v) is 3.50. The van der Waals surface area contributed by atoms with Gasteiger partial charge in [-0.2, -0.15) is 0 Å². The predicted octanol–water partition coefficient (Wildman–Crippen LogP) is 2.99. The van der Waals surface area contributed by atoms with E-state index in [0.717, 1.165) is 18.4 Å². The van der Waals surface area contributed by atoms with Crippen LogP contribution < -0.4 is 0 Å². The van der Waals surface area contributed by atoms with E-state index in [9.17, 15) is 0 Å². The molecule has 3 unspecified atom stereocenters. The van der Waals surface area contributed by atoms with E-state index in [0.29, 0.717) is 6.10 Å². The van der Waals surface area contributed by atoms with Crippen molar-refractivity contribution in [1.29, 1.82) is 0 Å². The number of hydrogen-bond donors (Lipinski definition) is 0. The van der Waals surface area contributed by atoms with Crippen molar-refractivity contribution in [1.82, 2.24) is 0 Å². The van der Waals surface area contributed by atoms with Crippen molar-refractivity contribution in [3.8, 4) is 0 Å². The SMILES string of the molecule is CCCCOC1CC2CCC1C2. The Kier molecular flexibility index (Phi) is 2.69. The first kappa shape index (κ1) is 8.55. The highest BCUT2D eigenvalue weighted by Crippen LogP contribution is 2.45. The highest BCUT2D eigenvalue weighted by atomic mass is 16.5. The first-order valence-electron chi connectivity index (χ1n) is 5.51. The highest BCUT2D eigenvalue weighted by molar-refractivity contribution is 4.90. The van der Waals surface area contributed by atoms with Gasteiger partial charge in [0.25, 0.3) is 0 Å². The summed E-state index contributed by atoms with van der Waals surface area (Å²) in [5.41, 5.74) is 0. The van der Waals surface area contributed by atoms with Gasteiger partial charge in [0, 0.05) is 6.61 Å². The van der Waals surface area contributed by atoms with Crippen molar-refractivity contribution in [3.05, 3.63) is 0 Å². The van der Waals surface area contributed by atoms with Crippen LogP contribution in [0, 0.1) is 11.8 Å². The summed E-state index contributed by atoms with van der Waals surface area (Å²) in [6.07, 6.45) is 8.93. The Morgan fingerprint density at radius 3 is 2.75 bits per heavy atom. The van der Waals surface area contributed by atoms with Crippen LogP contribution in [-0.2, 0) is 4.74 Å². The van der Waals surface area contributed by atoms with Gasteiger partial charge in [0.05, 0.1) is 6.10 Å². The molecular weight excluding hydrogens is 148 g/mol. The van der Waals surface area contributed by atoms with Gasteiger partial charge in [0.2, 0.25) is 0 Å². The molecule has 70 valence electrons. The monoisotopic (exact) mass is 168 g/mol. The third kappa shape index (κ3) is 1.66. The van der Waals surface area contributed by atoms with Gasteiger partial charge in [0.15, 0.2) is 0 Å². The molecule has 2 fully saturated rings. The van der Waals surface area contributed by atoms with Crippen molar-refractivity contribution in [2.75, 3.05) is 6.61 Å². The molecule has 0 aromatic carbocycles. The second-order valence-corrected chi connectivity index (χ2v) is 4.44. The maximum atomic E-state index is 5.88. The van der Waals surface area contributed by atoms with Crippen molar-refractivity contribution < 1.29 is 4.74 Å². The van der Waals surface area contributed by atoms with E-state index < -0.39 is 0 Å². The quantitative estimate of drug-likeness (QED) is 0.586. The number of hydrogen-bond acceptors (Lipinski definition) is 1. The van der Waals surface area contributed by atoms with Gasteiger partial charge in [-0.15, -0.1) is 0 Å². The fourth-order valence-corrected chi connectivity index (χ4v) is 2.77. The predicted molar refractivity (Wildman–Crippen MR) is 50.1 cm³/mol. The van der Waals surface area contributed by atoms with Gasteiger partial charge < -0.3 is 4.74 Å². The van der Waals surface area contributed by atoms with E-state index in [2.05, 4.69) is 6.92 Å². The Morgan fingerprint density at radius 1 is 1.25 bits per heavy atom. The van der Waals surface area contributed by atoms with Crippen molar-refractivity contribution in [2.24, 2.45) is 11.8 Å². The van der Waals surface area contributed by atoms with Gasteiger partial charge in [-0.3, -0.25) is 0 Å². The smallest absolute Gasteiger partial charge is 0.0606 e. The molecule has 2 aliphatic rings. The number of unbranched alkanes of at least 4 members (excludes halogenated alkanes) is 1. The fourth-order valence-electron chi connectivity index (χ4n) is 2.77. The van der Waals surface area contributed by atoms with Crippen LogP contribution in [0.25, 0.3) is 0 Å². The zero-order valence-corrected chi connectivity index (χ0v) is 8.09. The molecule has 1 heteroatoms. The zero-order chi connectivity index (χ0) is 8.39. The molecule has 3 atom stereocenters. The molecule has 2 bridgehead atoms. The first-order chi connectivity index (χ1) is 5.90. The molecule has 2 rings (SSSR count). The molecule has 2 saturated carbocycles. The largest absolute Gasteiger partial charge is 0.378 e. The average Bonchev–Trinajstić information content (AvgIpc) is 2.65. The zero-order valence-electron chi connectivity index (χ0n) is 8.09. The molecule has 1 nitrogen and oxygen atoms in total. The Balaban J connectivity index is 1.69. The number of fused-ring (bicyclic) bond motifs is 2. The summed E-state index contributed by atoms with van der Waals surface area (Å²) in [6, 6.07) is 0. The lowest BCUT2D eigenvalue weighted by molar-refractivity contribution is 0.0152. The van der Waals surface area contributed by atoms with Crippen LogP contribution in [0.15, 0.2) is 0 Å². The lowest BCUT2D eigenvalue weighted by Crippen LogP contribution is -2.20. The van der Waals surface area contributed by atoms with Crippen LogP contribution in [0.2, 0.25) is 0 Å². The molecule has 12 heavy (non-hydrogen) atoms. The number of rotatable bonds is 4. The molecule has 0 amide bonds. The van der Waals surface area contributed by atoms with E-state index in [4.69, 9.17) is 4.74 Å². The summed E-state index contributed by atoms with van der Waals surface area (Å²) in [5, 5.41) is 0. The first-order valence-corrected chi connectivity index (χ1v) is 5.51. The van der Waals surface area contributed by atoms with Gasteiger partial charge in [-0.25, -0.2) is 0 Å². The summed E-state index contributed by atoms with van der Waals surface area (Å²) in [6.45, 7) is 3.23. The Morgan fingerprint density at radius 2 is 2.17 bits per heavy atom. The van der Waals surface area contributed by atoms with E-state index in [-0.39, 0.29) is 0 Å². The van der Waals surface area contributed by atoms with E-state index >= 15 is 0 Å². The van der Waals surface area contributed by atoms with Gasteiger partial charge in [-0.05, 0) is 43.9 Å². The van der Waals surface area contributed by atoms with E-state index in [1.807, 2.05) is 0 Å². The van der Waals surface area contributed by atoms with E-state index in [1.54, 1.807) is 0 Å². The third-order valence-electron chi connectivity index (χ3n) is 3.50. The van der Waals surface area contributed by atoms with Crippen molar-refractivity contribution in [2.45, 2.75) is 51.6 Å². The van der Waals surface area contributed by atoms with Gasteiger partial charge in [0.1, 0.15) is 0 Å². The molecule has 0 N–H and O–H groups in total. The molecule has 0 aliphatic heterocycles. The highest BCUT2D eigenvalue weighted by Gasteiger charge is 2.39. The lowest BCUT2D eigenvalue weighted by atomic mass is 9.98. The maximum absolute atomic E-state index is 5.88. The van der Waals surface area contributed by atoms with Crippen LogP contribution in [0.4, 0.5) is 0 Å². The van der Waals surface area contributed by atoms with Crippen LogP contribution >= 0.6 is 0 Å². The Bertz CT molecular complexity index is 144. The summed E-state index contributed by atoms with van der Waals surface area (Å²) in [7, 11) is 0. The van der Waals surface area contributed by atoms with Crippen LogP contribution in [0.1, 0.15) is 45.4 Å². The summed E-state index contributed by atoms with van der Waals surface area (Å²) >= 11 is 0. The standard InChI is InChI=1S/C11H20O/c1-2-3-6-12-11-8-9-4-5-10(11)7-9/h9-11H,2-8H2,1H3. The molecule has 0 aromatic heterocycles. The Labute approximate surface area is 75.5 Å². The summed E-state index contributed by atoms with van der Waals surface area (Å²) in [5.74, 6) is 1.97. The minimum Gasteiger partial charge on any atom is -0.378 e. The molecule has 0 spiro atoms. The molecule has 0 saturated heterocycles. The van der Waals surface area contributed by atoms with Crippen LogP contribution in [0.5, 0.6) is 0 Å². The average molecular weight is 168 g/mol. The summed E-state index contributed by atoms with van der Waals surface area (Å²) in [4.78, 5) is 0. The van der Waals surface area contributed by atoms with Crippen LogP contribution in [-0.4, -0.2) is 12.7 Å².